The highest BCUT2D eigenvalue weighted by atomic mass is 15.1. The smallest absolute Gasteiger partial charge is 0.117 e. The number of allylic oxidation sites excluding steroid dienone is 1. The molecule has 4 nitrogen and oxygen atoms in total. The first kappa shape index (κ1) is 20.4. The van der Waals surface area contributed by atoms with Crippen LogP contribution < -0.4 is 5.73 Å². The summed E-state index contributed by atoms with van der Waals surface area (Å²) in [6, 6.07) is 19.1. The number of nitrogens with zero attached hydrogens (tertiary/aromatic N) is 2. The largest absolute Gasteiger partial charge is 0.397 e. The lowest BCUT2D eigenvalue weighted by atomic mass is 9.88. The topological polar surface area (TPSA) is 59.6 Å². The average molecular weight is 423 g/mol. The van der Waals surface area contributed by atoms with Crippen LogP contribution in [0.25, 0.3) is 45.3 Å². The van der Waals surface area contributed by atoms with Gasteiger partial charge in [-0.05, 0) is 31.4 Å². The van der Waals surface area contributed by atoms with Gasteiger partial charge in [-0.25, -0.2) is 4.98 Å². The molecular formula is C28H30N4. The molecule has 3 N–H and O–H groups in total. The van der Waals surface area contributed by atoms with Crippen molar-refractivity contribution in [3.63, 3.8) is 0 Å². The van der Waals surface area contributed by atoms with Gasteiger partial charge in [0.15, 0.2) is 0 Å². The van der Waals surface area contributed by atoms with E-state index < -0.39 is 0 Å². The average Bonchev–Trinajstić information content (AvgIpc) is 3.42. The summed E-state index contributed by atoms with van der Waals surface area (Å²) in [5.41, 5.74) is 13.1. The molecule has 0 unspecified atom stereocenters. The molecule has 4 heteroatoms. The van der Waals surface area contributed by atoms with E-state index in [0.29, 0.717) is 11.6 Å². The summed E-state index contributed by atoms with van der Waals surface area (Å²) in [5.74, 6) is 1.55. The zero-order valence-electron chi connectivity index (χ0n) is 18.6. The van der Waals surface area contributed by atoms with Crippen molar-refractivity contribution >= 4 is 22.8 Å². The van der Waals surface area contributed by atoms with Gasteiger partial charge >= 0.3 is 0 Å². The Morgan fingerprint density at radius 2 is 1.88 bits per heavy atom. The van der Waals surface area contributed by atoms with Crippen LogP contribution in [0.2, 0.25) is 0 Å². The number of aromatic nitrogens is 3. The van der Waals surface area contributed by atoms with Crippen LogP contribution in [0.1, 0.15) is 56.5 Å². The molecule has 0 bridgehead atoms. The van der Waals surface area contributed by atoms with E-state index in [1.54, 1.807) is 0 Å². The van der Waals surface area contributed by atoms with E-state index in [1.165, 1.54) is 43.2 Å². The van der Waals surface area contributed by atoms with Crippen molar-refractivity contribution < 1.29 is 0 Å². The highest BCUT2D eigenvalue weighted by molar-refractivity contribution is 5.97. The summed E-state index contributed by atoms with van der Waals surface area (Å²) in [6.07, 6.45) is 10.3. The molecule has 4 aromatic rings. The number of nitrogens with one attached hydrogen (secondary N) is 1. The minimum atomic E-state index is 0.455. The van der Waals surface area contributed by atoms with E-state index >= 15 is 0 Å². The van der Waals surface area contributed by atoms with Crippen molar-refractivity contribution in [2.75, 3.05) is 0 Å². The highest BCUT2D eigenvalue weighted by Gasteiger charge is 2.26. The summed E-state index contributed by atoms with van der Waals surface area (Å²) in [5, 5.41) is 1.16. The fourth-order valence-electron chi connectivity index (χ4n) is 5.04. The van der Waals surface area contributed by atoms with Gasteiger partial charge in [0, 0.05) is 23.1 Å². The maximum atomic E-state index is 6.34. The molecule has 2 aromatic heterocycles. The van der Waals surface area contributed by atoms with Gasteiger partial charge in [-0.1, -0.05) is 80.4 Å². The molecule has 1 fully saturated rings. The molecule has 0 spiro atoms. The molecule has 162 valence electrons. The zero-order valence-corrected chi connectivity index (χ0v) is 18.6. The van der Waals surface area contributed by atoms with Crippen LogP contribution in [0.3, 0.4) is 0 Å². The summed E-state index contributed by atoms with van der Waals surface area (Å²) in [7, 11) is 0. The maximum absolute atomic E-state index is 6.34. The summed E-state index contributed by atoms with van der Waals surface area (Å²) < 4.78 is 2.16. The molecule has 2 aromatic carbocycles. The second kappa shape index (κ2) is 8.54. The van der Waals surface area contributed by atoms with Crippen LogP contribution in [-0.2, 0) is 0 Å². The Hall–Kier alpha value is -3.53. The molecule has 5 rings (SSSR count). The molecule has 0 atom stereocenters. The molecular weight excluding hydrogens is 392 g/mol. The molecule has 2 heterocycles. The zero-order chi connectivity index (χ0) is 22.1. The van der Waals surface area contributed by atoms with Crippen molar-refractivity contribution in [2.45, 2.75) is 44.9 Å². The van der Waals surface area contributed by atoms with E-state index in [0.717, 1.165) is 33.8 Å². The first-order valence-electron chi connectivity index (χ1n) is 11.5. The van der Waals surface area contributed by atoms with Gasteiger partial charge in [0.25, 0.3) is 0 Å². The number of fused-ring (bicyclic) bond motifs is 1. The number of aromatic amines is 1. The normalized spacial score (nSPS) is 15.0. The standard InChI is InChI=1S/C28H30N4/c1-3-17-32-27(19(2)29)26(31-28(32)21-13-8-5-9-14-21)24-18-22-15-10-16-23(25(22)30-24)20-11-6-4-7-12-20/h3-4,6-7,10-12,15-18,21,30H,2,5,8-9,13-14,29H2,1H3/b17-3-. The Morgan fingerprint density at radius 1 is 1.09 bits per heavy atom. The number of H-pyrrole nitrogens is 1. The van der Waals surface area contributed by atoms with E-state index in [2.05, 4.69) is 70.9 Å². The fraction of sp³-hybridized carbons (Fsp3) is 0.250. The van der Waals surface area contributed by atoms with E-state index in [-0.39, 0.29) is 0 Å². The van der Waals surface area contributed by atoms with Gasteiger partial charge < -0.3 is 15.3 Å². The van der Waals surface area contributed by atoms with Gasteiger partial charge in [-0.3, -0.25) is 0 Å². The van der Waals surface area contributed by atoms with E-state index in [9.17, 15) is 0 Å². The number of imidazole rings is 1. The van der Waals surface area contributed by atoms with Gasteiger partial charge in [-0.15, -0.1) is 0 Å². The Balaban J connectivity index is 1.70. The third kappa shape index (κ3) is 3.56. The van der Waals surface area contributed by atoms with Crippen LogP contribution in [0.4, 0.5) is 0 Å². The van der Waals surface area contributed by atoms with E-state index in [4.69, 9.17) is 10.7 Å². The lowest BCUT2D eigenvalue weighted by molar-refractivity contribution is 0.427. The first-order valence-corrected chi connectivity index (χ1v) is 11.5. The fourth-order valence-corrected chi connectivity index (χ4v) is 5.04. The molecule has 0 saturated heterocycles. The Morgan fingerprint density at radius 3 is 2.59 bits per heavy atom. The van der Waals surface area contributed by atoms with Crippen molar-refractivity contribution in [2.24, 2.45) is 5.73 Å². The lowest BCUT2D eigenvalue weighted by Gasteiger charge is -2.21. The maximum Gasteiger partial charge on any atom is 0.117 e. The predicted octanol–water partition coefficient (Wildman–Crippen LogP) is 7.17. The van der Waals surface area contributed by atoms with Crippen LogP contribution in [-0.4, -0.2) is 14.5 Å². The molecule has 1 aliphatic carbocycles. The molecule has 1 saturated carbocycles. The summed E-state index contributed by atoms with van der Waals surface area (Å²) in [4.78, 5) is 8.84. The number of hydrogen-bond acceptors (Lipinski definition) is 2. The summed E-state index contributed by atoms with van der Waals surface area (Å²) in [6.45, 7) is 6.13. The third-order valence-corrected chi connectivity index (χ3v) is 6.51. The van der Waals surface area contributed by atoms with Crippen molar-refractivity contribution in [3.05, 3.63) is 78.8 Å². The molecule has 0 radical (unpaired) electrons. The first-order chi connectivity index (χ1) is 15.7. The molecule has 32 heavy (non-hydrogen) atoms. The third-order valence-electron chi connectivity index (χ3n) is 6.51. The highest BCUT2D eigenvalue weighted by Crippen LogP contribution is 2.38. The van der Waals surface area contributed by atoms with Crippen molar-refractivity contribution in [1.29, 1.82) is 0 Å². The number of rotatable bonds is 5. The Kier molecular flexibility index (Phi) is 5.44. The van der Waals surface area contributed by atoms with Crippen molar-refractivity contribution in [1.82, 2.24) is 14.5 Å². The van der Waals surface area contributed by atoms with Crippen LogP contribution in [0, 0.1) is 0 Å². The van der Waals surface area contributed by atoms with Gasteiger partial charge in [0.05, 0.1) is 22.6 Å². The van der Waals surface area contributed by atoms with E-state index in [1.807, 2.05) is 19.1 Å². The number of nitrogens with two attached hydrogens (primary N) is 1. The van der Waals surface area contributed by atoms with Crippen LogP contribution >= 0.6 is 0 Å². The minimum absolute atomic E-state index is 0.455. The molecule has 1 aliphatic rings. The number of benzene rings is 2. The Labute approximate surface area is 189 Å². The summed E-state index contributed by atoms with van der Waals surface area (Å²) >= 11 is 0. The van der Waals surface area contributed by atoms with Gasteiger partial charge in [0.2, 0.25) is 0 Å². The second-order valence-corrected chi connectivity index (χ2v) is 8.70. The van der Waals surface area contributed by atoms with Crippen LogP contribution in [0.5, 0.6) is 0 Å². The SMILES string of the molecule is C=C(N)c1c(-c2cc3cccc(-c4ccccc4)c3[nH]2)nc(C2CCCCC2)n1/C=C\C. The van der Waals surface area contributed by atoms with Crippen LogP contribution in [0.15, 0.2) is 67.3 Å². The monoisotopic (exact) mass is 422 g/mol. The van der Waals surface area contributed by atoms with Gasteiger partial charge in [0.1, 0.15) is 11.5 Å². The lowest BCUT2D eigenvalue weighted by Crippen LogP contribution is -2.11. The molecule has 0 amide bonds. The number of hydrogen-bond donors (Lipinski definition) is 2. The quantitative estimate of drug-likeness (QED) is 0.358. The Bertz CT molecular complexity index is 1280. The second-order valence-electron chi connectivity index (χ2n) is 8.70. The van der Waals surface area contributed by atoms with Crippen molar-refractivity contribution in [3.8, 4) is 22.5 Å². The molecule has 0 aliphatic heterocycles. The minimum Gasteiger partial charge on any atom is -0.397 e. The number of para-hydroxylation sites is 1. The van der Waals surface area contributed by atoms with Gasteiger partial charge in [-0.2, -0.15) is 0 Å². The predicted molar refractivity (Wildman–Crippen MR) is 135 cm³/mol.